The molecule has 4 rings (SSSR count). The van der Waals surface area contributed by atoms with E-state index in [0.717, 1.165) is 18.4 Å². The van der Waals surface area contributed by atoms with Crippen molar-refractivity contribution in [1.82, 2.24) is 10.2 Å². The molecule has 2 heterocycles. The van der Waals surface area contributed by atoms with E-state index < -0.39 is 6.03 Å². The van der Waals surface area contributed by atoms with Crippen LogP contribution in [0.25, 0.3) is 0 Å². The Bertz CT molecular complexity index is 881. The Hall–Kier alpha value is -2.13. The predicted molar refractivity (Wildman–Crippen MR) is 107 cm³/mol. The highest BCUT2D eigenvalue weighted by atomic mass is 32.2. The van der Waals surface area contributed by atoms with Gasteiger partial charge in [-0.25, -0.2) is 9.79 Å². The van der Waals surface area contributed by atoms with Crippen LogP contribution in [0.3, 0.4) is 0 Å². The van der Waals surface area contributed by atoms with Gasteiger partial charge in [0.25, 0.3) is 5.91 Å². The minimum Gasteiger partial charge on any atom is -0.508 e. The maximum Gasteiger partial charge on any atom is 0.315 e. The molecular formula is C18H19N4O3S2. The first-order valence-corrected chi connectivity index (χ1v) is 10.2. The summed E-state index contributed by atoms with van der Waals surface area (Å²) in [5.41, 5.74) is 6.92. The molecule has 7 nitrogen and oxygen atoms in total. The van der Waals surface area contributed by atoms with Crippen LogP contribution in [0.15, 0.2) is 34.2 Å². The molecule has 3 aliphatic rings. The number of carbonyl (C=O) groups is 2. The van der Waals surface area contributed by atoms with E-state index >= 15 is 0 Å². The number of primary amides is 1. The summed E-state index contributed by atoms with van der Waals surface area (Å²) >= 11 is 2.85. The monoisotopic (exact) mass is 403 g/mol. The summed E-state index contributed by atoms with van der Waals surface area (Å²) in [6.45, 7) is 2.33. The van der Waals surface area contributed by atoms with Crippen molar-refractivity contribution in [1.29, 1.82) is 0 Å². The van der Waals surface area contributed by atoms with E-state index in [1.54, 1.807) is 35.8 Å². The normalized spacial score (nSPS) is 28.2. The van der Waals surface area contributed by atoms with Crippen molar-refractivity contribution in [3.8, 4) is 5.75 Å². The lowest BCUT2D eigenvalue weighted by Crippen LogP contribution is -2.38. The summed E-state index contributed by atoms with van der Waals surface area (Å²) in [7, 11) is 0. The Labute approximate surface area is 165 Å². The van der Waals surface area contributed by atoms with Gasteiger partial charge in [-0.2, -0.15) is 0 Å². The highest BCUT2D eigenvalue weighted by molar-refractivity contribution is 8.18. The SMILES string of the molecule is Cc1cc(O)ccc1N=C1NC(=O)C(=CC2(C3CC3)CN(C(N)=O)[CH]S2)S1. The van der Waals surface area contributed by atoms with E-state index in [-0.39, 0.29) is 16.4 Å². The van der Waals surface area contributed by atoms with Gasteiger partial charge in [-0.05, 0) is 67.3 Å². The lowest BCUT2D eigenvalue weighted by Gasteiger charge is -2.24. The number of hydrogen-bond acceptors (Lipinski definition) is 6. The van der Waals surface area contributed by atoms with Crippen LogP contribution in [0.4, 0.5) is 10.5 Å². The lowest BCUT2D eigenvalue weighted by atomic mass is 10.0. The number of nitrogens with two attached hydrogens (primary N) is 1. The molecule has 3 amide bonds. The molecular weight excluding hydrogens is 384 g/mol. The number of amides is 3. The number of benzene rings is 1. The Morgan fingerprint density at radius 2 is 2.26 bits per heavy atom. The zero-order valence-electron chi connectivity index (χ0n) is 14.6. The molecule has 27 heavy (non-hydrogen) atoms. The number of phenols is 1. The third-order valence-corrected chi connectivity index (χ3v) is 7.09. The molecule has 1 unspecified atom stereocenters. The van der Waals surface area contributed by atoms with E-state index in [9.17, 15) is 14.7 Å². The fourth-order valence-corrected chi connectivity index (χ4v) is 5.52. The number of thioether (sulfide) groups is 2. The molecule has 2 saturated heterocycles. The second kappa shape index (κ2) is 6.79. The first-order valence-electron chi connectivity index (χ1n) is 8.54. The molecule has 0 bridgehead atoms. The number of carbonyl (C=O) groups excluding carboxylic acids is 2. The van der Waals surface area contributed by atoms with Crippen LogP contribution in [0.5, 0.6) is 5.75 Å². The standard InChI is InChI=1S/C18H19N4O3S2/c1-10-6-12(23)4-5-13(10)20-17-21-15(24)14(27-17)7-18(11-2-3-11)8-22(9-26-18)16(19)25/h4-7,9,11,23H,2-3,8H2,1H3,(H2,19,25)(H,20,21,24). The van der Waals surface area contributed by atoms with Gasteiger partial charge in [0.1, 0.15) is 11.6 Å². The van der Waals surface area contributed by atoms with Gasteiger partial charge in [-0.3, -0.25) is 4.79 Å². The summed E-state index contributed by atoms with van der Waals surface area (Å²) in [5, 5.41) is 12.8. The van der Waals surface area contributed by atoms with Crippen molar-refractivity contribution in [2.45, 2.75) is 24.5 Å². The topological polar surface area (TPSA) is 108 Å². The van der Waals surface area contributed by atoms with Crippen LogP contribution in [-0.4, -0.2) is 38.4 Å². The summed E-state index contributed by atoms with van der Waals surface area (Å²) in [5.74, 6) is 2.18. The molecule has 1 aromatic carbocycles. The number of nitrogens with one attached hydrogen (secondary N) is 1. The average Bonchev–Trinajstić information content (AvgIpc) is 3.29. The van der Waals surface area contributed by atoms with Crippen LogP contribution in [0.2, 0.25) is 0 Å². The average molecular weight is 404 g/mol. The van der Waals surface area contributed by atoms with Gasteiger partial charge in [0, 0.05) is 6.54 Å². The maximum atomic E-state index is 12.5. The molecule has 4 N–H and O–H groups in total. The number of amidine groups is 1. The van der Waals surface area contributed by atoms with Crippen LogP contribution in [0, 0.1) is 18.7 Å². The first-order chi connectivity index (χ1) is 12.9. The fourth-order valence-electron chi connectivity index (χ4n) is 3.20. The number of aromatic hydroxyl groups is 1. The number of aliphatic imine (C=N–C) groups is 1. The van der Waals surface area contributed by atoms with E-state index in [1.807, 2.05) is 13.0 Å². The summed E-state index contributed by atoms with van der Waals surface area (Å²) < 4.78 is -0.307. The molecule has 9 heteroatoms. The second-order valence-corrected chi connectivity index (χ2v) is 9.11. The lowest BCUT2D eigenvalue weighted by molar-refractivity contribution is -0.115. The molecule has 141 valence electrons. The fraction of sp³-hybridized carbons (Fsp3) is 0.333. The first kappa shape index (κ1) is 18.2. The minimum atomic E-state index is -0.475. The number of hydrogen-bond donors (Lipinski definition) is 3. The van der Waals surface area contributed by atoms with Gasteiger partial charge in [0.15, 0.2) is 5.17 Å². The molecule has 3 fully saturated rings. The highest BCUT2D eigenvalue weighted by Crippen LogP contribution is 2.54. The van der Waals surface area contributed by atoms with Gasteiger partial charge in [0.2, 0.25) is 0 Å². The Morgan fingerprint density at radius 1 is 1.48 bits per heavy atom. The molecule has 1 aliphatic carbocycles. The van der Waals surface area contributed by atoms with E-state index in [2.05, 4.69) is 10.3 Å². The van der Waals surface area contributed by atoms with Gasteiger partial charge in [-0.15, -0.1) is 11.8 Å². The third kappa shape index (κ3) is 3.66. The molecule has 0 aromatic heterocycles. The summed E-state index contributed by atoms with van der Waals surface area (Å²) in [6, 6.07) is 4.43. The largest absolute Gasteiger partial charge is 0.508 e. The van der Waals surface area contributed by atoms with Gasteiger partial charge >= 0.3 is 6.03 Å². The Morgan fingerprint density at radius 3 is 2.89 bits per heavy atom. The van der Waals surface area contributed by atoms with Crippen LogP contribution < -0.4 is 11.1 Å². The van der Waals surface area contributed by atoms with Crippen molar-refractivity contribution in [3.05, 3.63) is 40.6 Å². The van der Waals surface area contributed by atoms with Crippen molar-refractivity contribution >= 4 is 46.3 Å². The molecule has 1 radical (unpaired) electrons. The molecule has 2 aliphatic heterocycles. The second-order valence-electron chi connectivity index (χ2n) is 6.87. The van der Waals surface area contributed by atoms with Crippen LogP contribution in [-0.2, 0) is 4.79 Å². The van der Waals surface area contributed by atoms with Crippen molar-refractivity contribution in [3.63, 3.8) is 0 Å². The number of nitrogens with zero attached hydrogens (tertiary/aromatic N) is 2. The maximum absolute atomic E-state index is 12.5. The number of aryl methyl sites for hydroxylation is 1. The molecule has 1 aromatic rings. The Kier molecular flexibility index (Phi) is 4.59. The Balaban J connectivity index is 1.58. The molecule has 1 atom stereocenters. The highest BCUT2D eigenvalue weighted by Gasteiger charge is 2.50. The molecule has 0 spiro atoms. The predicted octanol–water partition coefficient (Wildman–Crippen LogP) is 2.83. The number of urea groups is 1. The van der Waals surface area contributed by atoms with E-state index in [1.165, 1.54) is 16.7 Å². The number of rotatable bonds is 3. The molecule has 1 saturated carbocycles. The quantitative estimate of drug-likeness (QED) is 0.673. The van der Waals surface area contributed by atoms with Gasteiger partial charge in [-0.1, -0.05) is 0 Å². The van der Waals surface area contributed by atoms with Gasteiger partial charge < -0.3 is 21.1 Å². The number of phenolic OH excluding ortho intramolecular Hbond substituents is 1. The third-order valence-electron chi connectivity index (χ3n) is 4.80. The zero-order chi connectivity index (χ0) is 19.2. The summed E-state index contributed by atoms with van der Waals surface area (Å²) in [4.78, 5) is 30.6. The van der Waals surface area contributed by atoms with E-state index in [0.29, 0.717) is 28.2 Å². The van der Waals surface area contributed by atoms with Crippen molar-refractivity contribution in [2.24, 2.45) is 16.6 Å². The van der Waals surface area contributed by atoms with Crippen LogP contribution >= 0.6 is 23.5 Å². The van der Waals surface area contributed by atoms with Crippen molar-refractivity contribution < 1.29 is 14.7 Å². The smallest absolute Gasteiger partial charge is 0.315 e. The van der Waals surface area contributed by atoms with Crippen LogP contribution in [0.1, 0.15) is 18.4 Å². The minimum absolute atomic E-state index is 0.181. The zero-order valence-corrected chi connectivity index (χ0v) is 16.3. The van der Waals surface area contributed by atoms with E-state index in [4.69, 9.17) is 5.73 Å². The van der Waals surface area contributed by atoms with Crippen molar-refractivity contribution in [2.75, 3.05) is 6.54 Å². The van der Waals surface area contributed by atoms with Gasteiger partial charge in [0.05, 0.1) is 15.3 Å². The summed E-state index contributed by atoms with van der Waals surface area (Å²) in [6.07, 6.45) is 4.13.